The molecule has 0 rings (SSSR count). The Labute approximate surface area is 286 Å². The molecule has 1 atom stereocenters. The van der Waals surface area contributed by atoms with Crippen LogP contribution in [0.4, 0.5) is 0 Å². The fourth-order valence-electron chi connectivity index (χ4n) is 5.46. The predicted octanol–water partition coefficient (Wildman–Crippen LogP) is 12.4. The van der Waals surface area contributed by atoms with Gasteiger partial charge in [0.15, 0.2) is 11.9 Å². The summed E-state index contributed by atoms with van der Waals surface area (Å²) in [5.41, 5.74) is 0. The largest absolute Gasteiger partial charge is 0.454 e. The summed E-state index contributed by atoms with van der Waals surface area (Å²) in [7, 11) is 4.01. The van der Waals surface area contributed by atoms with Gasteiger partial charge < -0.3 is 9.64 Å². The molecule has 0 amide bonds. The van der Waals surface area contributed by atoms with Gasteiger partial charge in [0.2, 0.25) is 0 Å². The van der Waals surface area contributed by atoms with Crippen molar-refractivity contribution in [2.75, 3.05) is 20.6 Å². The highest BCUT2D eigenvalue weighted by atomic mass is 16.5. The normalized spacial score (nSPS) is 12.9. The van der Waals surface area contributed by atoms with Crippen molar-refractivity contribution in [2.24, 2.45) is 0 Å². The molecule has 4 nitrogen and oxygen atoms in total. The zero-order chi connectivity index (χ0) is 33.8. The highest BCUT2D eigenvalue weighted by molar-refractivity contribution is 5.85. The number of allylic oxidation sites excluding steroid dienone is 8. The van der Waals surface area contributed by atoms with Gasteiger partial charge in [-0.05, 0) is 111 Å². The Balaban J connectivity index is 4.19. The van der Waals surface area contributed by atoms with Gasteiger partial charge >= 0.3 is 5.97 Å². The van der Waals surface area contributed by atoms with E-state index in [1.807, 2.05) is 14.1 Å². The van der Waals surface area contributed by atoms with Crippen LogP contribution in [0.15, 0.2) is 48.6 Å². The molecule has 0 aliphatic heterocycles. The van der Waals surface area contributed by atoms with Crippen molar-refractivity contribution in [1.82, 2.24) is 4.90 Å². The molecule has 0 aromatic heterocycles. The fourth-order valence-corrected chi connectivity index (χ4v) is 5.46. The number of unbranched alkanes of at least 4 members (excludes halogenated alkanes) is 16. The van der Waals surface area contributed by atoms with Crippen LogP contribution >= 0.6 is 0 Å². The molecule has 0 saturated carbocycles. The molecule has 0 bridgehead atoms. The third-order valence-corrected chi connectivity index (χ3v) is 8.41. The zero-order valence-electron chi connectivity index (χ0n) is 31.0. The second-order valence-corrected chi connectivity index (χ2v) is 13.4. The van der Waals surface area contributed by atoms with Gasteiger partial charge in [-0.3, -0.25) is 9.59 Å². The van der Waals surface area contributed by atoms with Crippen LogP contribution in [0, 0.1) is 0 Å². The maximum absolute atomic E-state index is 13.1. The Bertz CT molecular complexity index is 795. The van der Waals surface area contributed by atoms with Crippen LogP contribution in [-0.2, 0) is 14.3 Å². The van der Waals surface area contributed by atoms with E-state index in [4.69, 9.17) is 4.74 Å². The molecule has 46 heavy (non-hydrogen) atoms. The van der Waals surface area contributed by atoms with E-state index in [9.17, 15) is 9.59 Å². The summed E-state index contributed by atoms with van der Waals surface area (Å²) < 4.78 is 5.75. The summed E-state index contributed by atoms with van der Waals surface area (Å²) in [6, 6.07) is 0. The summed E-state index contributed by atoms with van der Waals surface area (Å²) in [6.45, 7) is 5.34. The van der Waals surface area contributed by atoms with Gasteiger partial charge in [0, 0.05) is 12.8 Å². The molecule has 0 aromatic rings. The van der Waals surface area contributed by atoms with Crippen molar-refractivity contribution in [3.8, 4) is 0 Å². The first-order valence-electron chi connectivity index (χ1n) is 19.5. The lowest BCUT2D eigenvalue weighted by atomic mass is 10.0. The number of hydrogen-bond acceptors (Lipinski definition) is 4. The predicted molar refractivity (Wildman–Crippen MR) is 201 cm³/mol. The Hall–Kier alpha value is -1.94. The van der Waals surface area contributed by atoms with E-state index in [1.54, 1.807) is 0 Å². The van der Waals surface area contributed by atoms with Crippen molar-refractivity contribution >= 4 is 11.8 Å². The molecule has 0 aromatic carbocycles. The van der Waals surface area contributed by atoms with Gasteiger partial charge in [0.25, 0.3) is 0 Å². The van der Waals surface area contributed by atoms with E-state index in [0.717, 1.165) is 64.3 Å². The first-order valence-corrected chi connectivity index (χ1v) is 19.5. The number of esters is 1. The highest BCUT2D eigenvalue weighted by Gasteiger charge is 2.22. The maximum atomic E-state index is 13.1. The van der Waals surface area contributed by atoms with Crippen molar-refractivity contribution in [3.05, 3.63) is 48.6 Å². The number of carbonyl (C=O) groups excluding carboxylic acids is 2. The van der Waals surface area contributed by atoms with Crippen molar-refractivity contribution < 1.29 is 14.3 Å². The van der Waals surface area contributed by atoms with Crippen molar-refractivity contribution in [3.63, 3.8) is 0 Å². The zero-order valence-corrected chi connectivity index (χ0v) is 31.0. The molecule has 0 radical (unpaired) electrons. The average Bonchev–Trinajstić information content (AvgIpc) is 3.03. The monoisotopic (exact) mass is 642 g/mol. The van der Waals surface area contributed by atoms with Crippen LogP contribution in [-0.4, -0.2) is 43.4 Å². The molecule has 0 aliphatic carbocycles. The van der Waals surface area contributed by atoms with Gasteiger partial charge in [-0.1, -0.05) is 127 Å². The van der Waals surface area contributed by atoms with E-state index in [0.29, 0.717) is 19.3 Å². The standard InChI is InChI=1S/C42H75NO3/c1-5-7-9-11-13-15-17-19-21-23-25-27-29-31-33-36-40(44)41(46-42(45)38-35-39-43(3)4)37-34-32-30-28-26-24-22-20-18-16-14-12-10-8-6-2/h13-16,19-22,41H,5-12,17-18,23-39H2,1-4H3/b15-13-,16-14-,21-19-,22-20-. The molecule has 0 heterocycles. The number of Topliss-reactive ketones (excluding diaryl/α,β-unsaturated/α-hetero) is 1. The summed E-state index contributed by atoms with van der Waals surface area (Å²) >= 11 is 0. The van der Waals surface area contributed by atoms with Gasteiger partial charge in [0.1, 0.15) is 0 Å². The molecular formula is C42H75NO3. The fraction of sp³-hybridized carbons (Fsp3) is 0.762. The molecule has 266 valence electrons. The molecule has 0 saturated heterocycles. The first kappa shape index (κ1) is 44.1. The second-order valence-electron chi connectivity index (χ2n) is 13.4. The third-order valence-electron chi connectivity index (χ3n) is 8.41. The van der Waals surface area contributed by atoms with E-state index >= 15 is 0 Å². The Morgan fingerprint density at radius 3 is 1.43 bits per heavy atom. The van der Waals surface area contributed by atoms with Crippen molar-refractivity contribution in [1.29, 1.82) is 0 Å². The van der Waals surface area contributed by atoms with E-state index in [2.05, 4.69) is 67.4 Å². The number of ketones is 1. The molecule has 0 N–H and O–H groups in total. The maximum Gasteiger partial charge on any atom is 0.306 e. The number of rotatable bonds is 34. The van der Waals surface area contributed by atoms with Crippen LogP contribution in [0.2, 0.25) is 0 Å². The summed E-state index contributed by atoms with van der Waals surface area (Å²) in [5, 5.41) is 0. The third kappa shape index (κ3) is 33.4. The van der Waals surface area contributed by atoms with Crippen molar-refractivity contribution in [2.45, 2.75) is 187 Å². The highest BCUT2D eigenvalue weighted by Crippen LogP contribution is 2.16. The molecule has 0 spiro atoms. The lowest BCUT2D eigenvalue weighted by molar-refractivity contribution is -0.155. The summed E-state index contributed by atoms with van der Waals surface area (Å²) in [6.07, 6.45) is 46.0. The minimum atomic E-state index is -0.560. The van der Waals surface area contributed by atoms with Crippen LogP contribution in [0.1, 0.15) is 181 Å². The van der Waals surface area contributed by atoms with Gasteiger partial charge in [-0.2, -0.15) is 0 Å². The Morgan fingerprint density at radius 1 is 0.522 bits per heavy atom. The van der Waals surface area contributed by atoms with Gasteiger partial charge in [-0.15, -0.1) is 0 Å². The SMILES string of the molecule is CCCCC/C=C\C/C=C\CCCCCCCC(=O)C(CCCCCCC/C=C\C/C=C\CCCCC)OC(=O)CCCN(C)C. The Kier molecular flexibility index (Phi) is 34.4. The van der Waals surface area contributed by atoms with Crippen LogP contribution < -0.4 is 0 Å². The van der Waals surface area contributed by atoms with Gasteiger partial charge in [0.05, 0.1) is 0 Å². The quantitative estimate of drug-likeness (QED) is 0.0398. The lowest BCUT2D eigenvalue weighted by Gasteiger charge is -2.17. The van der Waals surface area contributed by atoms with Crippen LogP contribution in [0.25, 0.3) is 0 Å². The van der Waals surface area contributed by atoms with Crippen LogP contribution in [0.5, 0.6) is 0 Å². The lowest BCUT2D eigenvalue weighted by Crippen LogP contribution is -2.27. The Morgan fingerprint density at radius 2 is 0.957 bits per heavy atom. The van der Waals surface area contributed by atoms with E-state index in [1.165, 1.54) is 89.9 Å². The topological polar surface area (TPSA) is 46.6 Å². The minimum Gasteiger partial charge on any atom is -0.454 e. The number of nitrogens with zero attached hydrogens (tertiary/aromatic N) is 1. The minimum absolute atomic E-state index is 0.121. The molecule has 4 heteroatoms. The van der Waals surface area contributed by atoms with Gasteiger partial charge in [-0.25, -0.2) is 0 Å². The van der Waals surface area contributed by atoms with Crippen LogP contribution in [0.3, 0.4) is 0 Å². The number of ether oxygens (including phenoxy) is 1. The van der Waals surface area contributed by atoms with E-state index in [-0.39, 0.29) is 11.8 Å². The number of carbonyl (C=O) groups is 2. The summed E-state index contributed by atoms with van der Waals surface area (Å²) in [4.78, 5) is 27.6. The summed E-state index contributed by atoms with van der Waals surface area (Å²) in [5.74, 6) is -0.0981. The average molecular weight is 642 g/mol. The molecule has 0 fully saturated rings. The smallest absolute Gasteiger partial charge is 0.306 e. The van der Waals surface area contributed by atoms with E-state index < -0.39 is 6.10 Å². The molecule has 1 unspecified atom stereocenters. The molecule has 0 aliphatic rings. The second kappa shape index (κ2) is 35.9. The first-order chi connectivity index (χ1) is 22.5. The molecular weight excluding hydrogens is 566 g/mol. The number of hydrogen-bond donors (Lipinski definition) is 0.